The average molecular weight is 541 g/mol. The molecule has 0 fully saturated rings. The van der Waals surface area contributed by atoms with E-state index in [0.717, 1.165) is 16.7 Å². The van der Waals surface area contributed by atoms with Gasteiger partial charge >= 0.3 is 0 Å². The molecular formula is C27H22Cl2N2O6. The van der Waals surface area contributed by atoms with E-state index in [4.69, 9.17) is 37.1 Å². The fourth-order valence-electron chi connectivity index (χ4n) is 3.56. The number of non-ortho nitro benzene ring substituents is 1. The highest BCUT2D eigenvalue weighted by Crippen LogP contribution is 2.33. The Kier molecular flexibility index (Phi) is 7.71. The van der Waals surface area contributed by atoms with E-state index in [0.29, 0.717) is 27.3 Å². The van der Waals surface area contributed by atoms with Crippen molar-refractivity contribution in [1.29, 1.82) is 0 Å². The van der Waals surface area contributed by atoms with Gasteiger partial charge in [-0.1, -0.05) is 29.3 Å². The van der Waals surface area contributed by atoms with Gasteiger partial charge in [-0.05, 0) is 73.9 Å². The smallest absolute Gasteiger partial charge is 0.291 e. The maximum atomic E-state index is 12.8. The maximum absolute atomic E-state index is 12.8. The van der Waals surface area contributed by atoms with Crippen LogP contribution in [0.2, 0.25) is 10.0 Å². The summed E-state index contributed by atoms with van der Waals surface area (Å²) in [5, 5.41) is 15.0. The maximum Gasteiger partial charge on any atom is 0.291 e. The van der Waals surface area contributed by atoms with Crippen molar-refractivity contribution in [3.63, 3.8) is 0 Å². The molecule has 1 amide bonds. The topological polar surface area (TPSA) is 104 Å². The number of carbonyl (C=O) groups is 1. The van der Waals surface area contributed by atoms with Crippen molar-refractivity contribution in [2.75, 3.05) is 5.32 Å². The molecule has 0 saturated carbocycles. The second-order valence-electron chi connectivity index (χ2n) is 8.36. The van der Waals surface area contributed by atoms with Crippen molar-refractivity contribution in [3.05, 3.63) is 109 Å². The zero-order valence-electron chi connectivity index (χ0n) is 20.1. The number of rotatable bonds is 8. The molecule has 0 atom stereocenters. The second-order valence-corrected chi connectivity index (χ2v) is 9.21. The summed E-state index contributed by atoms with van der Waals surface area (Å²) < 4.78 is 17.2. The molecule has 8 nitrogen and oxygen atoms in total. The number of nitrogens with zero attached hydrogens (tertiary/aromatic N) is 1. The molecule has 3 aromatic carbocycles. The first-order valence-electron chi connectivity index (χ1n) is 11.1. The summed E-state index contributed by atoms with van der Waals surface area (Å²) in [6.07, 6.45) is 0. The van der Waals surface area contributed by atoms with Gasteiger partial charge in [0.15, 0.2) is 5.76 Å². The molecule has 0 radical (unpaired) electrons. The Morgan fingerprint density at radius 3 is 2.51 bits per heavy atom. The number of halogens is 2. The highest BCUT2D eigenvalue weighted by atomic mass is 35.5. The lowest BCUT2D eigenvalue weighted by Gasteiger charge is -2.13. The first kappa shape index (κ1) is 26.1. The molecule has 0 aliphatic carbocycles. The van der Waals surface area contributed by atoms with Gasteiger partial charge in [0.1, 0.15) is 29.6 Å². The predicted molar refractivity (Wildman–Crippen MR) is 141 cm³/mol. The van der Waals surface area contributed by atoms with Crippen molar-refractivity contribution in [2.45, 2.75) is 27.4 Å². The summed E-state index contributed by atoms with van der Waals surface area (Å²) in [7, 11) is 0. The van der Waals surface area contributed by atoms with Crippen LogP contribution in [0.15, 0.2) is 65.1 Å². The van der Waals surface area contributed by atoms with E-state index in [1.165, 1.54) is 24.3 Å². The molecule has 1 heterocycles. The van der Waals surface area contributed by atoms with Crippen LogP contribution in [0.4, 0.5) is 11.4 Å². The Morgan fingerprint density at radius 2 is 1.78 bits per heavy atom. The van der Waals surface area contributed by atoms with Crippen molar-refractivity contribution >= 4 is 40.5 Å². The van der Waals surface area contributed by atoms with Crippen molar-refractivity contribution < 1.29 is 23.6 Å². The number of hydrogen-bond donors (Lipinski definition) is 1. The lowest BCUT2D eigenvalue weighted by molar-refractivity contribution is -0.384. The zero-order chi connectivity index (χ0) is 26.7. The number of hydrogen-bond acceptors (Lipinski definition) is 6. The standard InChI is InChI=1S/C27H22Cl2N2O6/c1-15-8-16(2)17(3)26(9-15)37-22-12-19(11-20(13-22)31(33)34)30-27(32)25-7-5-21(36-25)14-35-24-6-4-18(28)10-23(24)29/h4-13H,14H2,1-3H3,(H,30,32). The number of nitro groups is 1. The molecule has 37 heavy (non-hydrogen) atoms. The fourth-order valence-corrected chi connectivity index (χ4v) is 4.03. The summed E-state index contributed by atoms with van der Waals surface area (Å²) in [4.78, 5) is 23.8. The SMILES string of the molecule is Cc1cc(C)c(C)c(Oc2cc(NC(=O)c3ccc(COc4ccc(Cl)cc4Cl)o3)cc([N+](=O)[O-])c2)c1. The van der Waals surface area contributed by atoms with Gasteiger partial charge in [0.05, 0.1) is 21.7 Å². The molecule has 0 spiro atoms. The number of amides is 1. The minimum Gasteiger partial charge on any atom is -0.484 e. The highest BCUT2D eigenvalue weighted by molar-refractivity contribution is 6.35. The van der Waals surface area contributed by atoms with E-state index in [1.807, 2.05) is 32.9 Å². The lowest BCUT2D eigenvalue weighted by atomic mass is 10.1. The molecule has 4 rings (SSSR count). The van der Waals surface area contributed by atoms with Crippen LogP contribution in [0, 0.1) is 30.9 Å². The largest absolute Gasteiger partial charge is 0.484 e. The zero-order valence-corrected chi connectivity index (χ0v) is 21.6. The minimum atomic E-state index is -0.593. The molecular weight excluding hydrogens is 519 g/mol. The van der Waals surface area contributed by atoms with Gasteiger partial charge < -0.3 is 19.2 Å². The number of furan rings is 1. The summed E-state index contributed by atoms with van der Waals surface area (Å²) in [6, 6.07) is 15.8. The second kappa shape index (κ2) is 10.9. The molecule has 0 bridgehead atoms. The molecule has 10 heteroatoms. The molecule has 1 aromatic heterocycles. The van der Waals surface area contributed by atoms with Crippen molar-refractivity contribution in [1.82, 2.24) is 0 Å². The molecule has 0 aliphatic rings. The number of carbonyl (C=O) groups excluding carboxylic acids is 1. The first-order valence-corrected chi connectivity index (χ1v) is 11.9. The third-order valence-corrected chi connectivity index (χ3v) is 6.03. The normalized spacial score (nSPS) is 10.7. The van der Waals surface area contributed by atoms with Gasteiger partial charge in [-0.25, -0.2) is 0 Å². The van der Waals surface area contributed by atoms with Gasteiger partial charge in [-0.3, -0.25) is 14.9 Å². The van der Waals surface area contributed by atoms with E-state index < -0.39 is 10.8 Å². The van der Waals surface area contributed by atoms with Gasteiger partial charge in [0, 0.05) is 17.2 Å². The van der Waals surface area contributed by atoms with E-state index in [9.17, 15) is 14.9 Å². The molecule has 0 unspecified atom stereocenters. The third-order valence-electron chi connectivity index (χ3n) is 5.50. The Hall–Kier alpha value is -4.01. The Labute approximate surface area is 222 Å². The summed E-state index contributed by atoms with van der Waals surface area (Å²) in [5.41, 5.74) is 2.88. The number of nitro benzene ring substituents is 1. The lowest BCUT2D eigenvalue weighted by Crippen LogP contribution is -2.11. The number of nitrogens with one attached hydrogen (secondary N) is 1. The molecule has 4 aromatic rings. The van der Waals surface area contributed by atoms with Gasteiger partial charge in [-0.2, -0.15) is 0 Å². The van der Waals surface area contributed by atoms with Crippen LogP contribution in [-0.2, 0) is 6.61 Å². The van der Waals surface area contributed by atoms with E-state index in [1.54, 1.807) is 24.3 Å². The fraction of sp³-hybridized carbons (Fsp3) is 0.148. The minimum absolute atomic E-state index is 0.0000639. The molecule has 1 N–H and O–H groups in total. The van der Waals surface area contributed by atoms with Gasteiger partial charge in [-0.15, -0.1) is 0 Å². The van der Waals surface area contributed by atoms with E-state index in [2.05, 4.69) is 5.32 Å². The van der Waals surface area contributed by atoms with Crippen LogP contribution >= 0.6 is 23.2 Å². The van der Waals surface area contributed by atoms with E-state index >= 15 is 0 Å². The summed E-state index contributed by atoms with van der Waals surface area (Å²) in [6.45, 7) is 5.83. The first-order chi connectivity index (χ1) is 17.6. The number of anilines is 1. The summed E-state index contributed by atoms with van der Waals surface area (Å²) >= 11 is 12.0. The molecule has 0 saturated heterocycles. The van der Waals surface area contributed by atoms with Crippen molar-refractivity contribution in [3.8, 4) is 17.2 Å². The van der Waals surface area contributed by atoms with Gasteiger partial charge in [0.2, 0.25) is 0 Å². The third kappa shape index (κ3) is 6.41. The van der Waals surface area contributed by atoms with Crippen molar-refractivity contribution in [2.24, 2.45) is 0 Å². The number of ether oxygens (including phenoxy) is 2. The number of benzene rings is 3. The molecule has 0 aliphatic heterocycles. The Morgan fingerprint density at radius 1 is 1.00 bits per heavy atom. The Balaban J connectivity index is 1.50. The molecule has 190 valence electrons. The van der Waals surface area contributed by atoms with Gasteiger partial charge in [0.25, 0.3) is 11.6 Å². The summed E-state index contributed by atoms with van der Waals surface area (Å²) in [5.74, 6) is 0.989. The van der Waals surface area contributed by atoms with Crippen LogP contribution in [0.5, 0.6) is 17.2 Å². The quantitative estimate of drug-likeness (QED) is 0.179. The monoisotopic (exact) mass is 540 g/mol. The van der Waals surface area contributed by atoms with Crippen LogP contribution in [-0.4, -0.2) is 10.8 Å². The van der Waals surface area contributed by atoms with Crippen LogP contribution in [0.25, 0.3) is 0 Å². The van der Waals surface area contributed by atoms with E-state index in [-0.39, 0.29) is 29.5 Å². The number of aryl methyl sites for hydroxylation is 2. The van der Waals surface area contributed by atoms with Crippen LogP contribution in [0.1, 0.15) is 33.0 Å². The average Bonchev–Trinajstić information content (AvgIpc) is 3.31. The van der Waals surface area contributed by atoms with Crippen LogP contribution in [0.3, 0.4) is 0 Å². The Bertz CT molecular complexity index is 1500. The predicted octanol–water partition coefficient (Wildman–Crippen LogP) is 8.04. The highest BCUT2D eigenvalue weighted by Gasteiger charge is 2.17. The van der Waals surface area contributed by atoms with Crippen LogP contribution < -0.4 is 14.8 Å².